The molecule has 1 amide bonds. The number of hydrazone groups is 1. The van der Waals surface area contributed by atoms with Crippen molar-refractivity contribution >= 4 is 34.9 Å². The lowest BCUT2D eigenvalue weighted by atomic mass is 10.1. The Morgan fingerprint density at radius 3 is 2.76 bits per heavy atom. The highest BCUT2D eigenvalue weighted by atomic mass is 32.2. The summed E-state index contributed by atoms with van der Waals surface area (Å²) >= 11 is 1.37. The van der Waals surface area contributed by atoms with Gasteiger partial charge in [-0.1, -0.05) is 53.7 Å². The van der Waals surface area contributed by atoms with Crippen LogP contribution in [0.1, 0.15) is 23.6 Å². The van der Waals surface area contributed by atoms with Crippen LogP contribution in [0.15, 0.2) is 77.0 Å². The van der Waals surface area contributed by atoms with Crippen molar-refractivity contribution in [1.82, 2.24) is 15.0 Å². The van der Waals surface area contributed by atoms with Gasteiger partial charge in [-0.3, -0.25) is 4.79 Å². The molecular weight excluding hydrogens is 448 g/mol. The van der Waals surface area contributed by atoms with E-state index < -0.39 is 0 Å². The Morgan fingerprint density at radius 2 is 1.97 bits per heavy atom. The zero-order valence-electron chi connectivity index (χ0n) is 19.1. The number of phenolic OH excluding ortho intramolecular Hbond substituents is 1. The van der Waals surface area contributed by atoms with E-state index in [-0.39, 0.29) is 17.4 Å². The molecule has 3 aromatic carbocycles. The molecule has 34 heavy (non-hydrogen) atoms. The number of rotatable bonds is 9. The fourth-order valence-corrected chi connectivity index (χ4v) is 4.22. The van der Waals surface area contributed by atoms with E-state index in [1.54, 1.807) is 12.1 Å². The first-order valence-corrected chi connectivity index (χ1v) is 11.9. The Hall–Kier alpha value is -3.78. The molecule has 0 radical (unpaired) electrons. The molecule has 0 aliphatic carbocycles. The van der Waals surface area contributed by atoms with Crippen LogP contribution in [0, 0.1) is 6.92 Å². The van der Waals surface area contributed by atoms with Crippen LogP contribution in [-0.4, -0.2) is 39.1 Å². The molecule has 0 aliphatic rings. The number of carbonyl (C=O) groups is 1. The van der Waals surface area contributed by atoms with Gasteiger partial charge in [-0.05, 0) is 55.3 Å². The number of fused-ring (bicyclic) bond motifs is 1. The maximum atomic E-state index is 12.4. The third-order valence-corrected chi connectivity index (χ3v) is 6.08. The Bertz CT molecular complexity index is 1320. The van der Waals surface area contributed by atoms with E-state index in [9.17, 15) is 9.90 Å². The van der Waals surface area contributed by atoms with Gasteiger partial charge in [0, 0.05) is 0 Å². The van der Waals surface area contributed by atoms with Crippen LogP contribution >= 0.6 is 11.8 Å². The number of imidazole rings is 1. The van der Waals surface area contributed by atoms with Crippen LogP contribution in [0.3, 0.4) is 0 Å². The standard InChI is InChI=1S/C26H26N4O3S/c1-3-33-24-14-20(12-13-23(24)31)15-27-29-25(32)17-34-26-28-21-6-4-5-7-22(21)30(26)16-19-10-8-18(2)9-11-19/h4-15,31H,3,16-17H2,1-2H3,(H,29,32)/b27-15+. The topological polar surface area (TPSA) is 88.7 Å². The molecule has 0 saturated heterocycles. The quantitative estimate of drug-likeness (QED) is 0.208. The molecule has 0 atom stereocenters. The van der Waals surface area contributed by atoms with Gasteiger partial charge in [0.25, 0.3) is 5.91 Å². The average molecular weight is 475 g/mol. The van der Waals surface area contributed by atoms with E-state index in [0.29, 0.717) is 24.5 Å². The molecule has 0 saturated carbocycles. The predicted molar refractivity (Wildman–Crippen MR) is 136 cm³/mol. The molecule has 0 aliphatic heterocycles. The number of aryl methyl sites for hydroxylation is 1. The van der Waals surface area contributed by atoms with Gasteiger partial charge in [-0.15, -0.1) is 0 Å². The first-order chi connectivity index (χ1) is 16.5. The third-order valence-electron chi connectivity index (χ3n) is 5.10. The van der Waals surface area contributed by atoms with Crippen molar-refractivity contribution in [2.24, 2.45) is 5.10 Å². The Kier molecular flexibility index (Phi) is 7.49. The summed E-state index contributed by atoms with van der Waals surface area (Å²) in [4.78, 5) is 17.1. The van der Waals surface area contributed by atoms with Crippen molar-refractivity contribution < 1.29 is 14.6 Å². The molecule has 7 nitrogen and oxygen atoms in total. The number of ether oxygens (including phenoxy) is 1. The van der Waals surface area contributed by atoms with E-state index >= 15 is 0 Å². The number of hydrogen-bond acceptors (Lipinski definition) is 6. The number of aromatic hydroxyl groups is 1. The van der Waals surface area contributed by atoms with Gasteiger partial charge in [0.05, 0.1) is 36.2 Å². The molecule has 0 fully saturated rings. The van der Waals surface area contributed by atoms with Crippen LogP contribution in [-0.2, 0) is 11.3 Å². The number of thioether (sulfide) groups is 1. The molecule has 1 aromatic heterocycles. The predicted octanol–water partition coefficient (Wildman–Crippen LogP) is 4.74. The van der Waals surface area contributed by atoms with Gasteiger partial charge in [0.15, 0.2) is 16.7 Å². The molecule has 0 unspecified atom stereocenters. The smallest absolute Gasteiger partial charge is 0.250 e. The molecule has 1 heterocycles. The van der Waals surface area contributed by atoms with E-state index in [1.165, 1.54) is 35.2 Å². The third kappa shape index (κ3) is 5.77. The van der Waals surface area contributed by atoms with Crippen LogP contribution in [0.2, 0.25) is 0 Å². The minimum Gasteiger partial charge on any atom is -0.504 e. The molecule has 8 heteroatoms. The highest BCUT2D eigenvalue weighted by Gasteiger charge is 2.13. The maximum Gasteiger partial charge on any atom is 0.250 e. The minimum absolute atomic E-state index is 0.0629. The number of phenols is 1. The zero-order chi connectivity index (χ0) is 23.9. The molecule has 0 bridgehead atoms. The van der Waals surface area contributed by atoms with E-state index in [0.717, 1.165) is 16.2 Å². The first kappa shape index (κ1) is 23.4. The number of carbonyl (C=O) groups excluding carboxylic acids is 1. The number of nitrogens with one attached hydrogen (secondary N) is 1. The molecule has 4 rings (SSSR count). The fourth-order valence-electron chi connectivity index (χ4n) is 3.42. The molecule has 2 N–H and O–H groups in total. The van der Waals surface area contributed by atoms with Crippen molar-refractivity contribution in [3.8, 4) is 11.5 Å². The van der Waals surface area contributed by atoms with Crippen molar-refractivity contribution in [3.63, 3.8) is 0 Å². The monoisotopic (exact) mass is 474 g/mol. The highest BCUT2D eigenvalue weighted by molar-refractivity contribution is 7.99. The first-order valence-electron chi connectivity index (χ1n) is 10.9. The highest BCUT2D eigenvalue weighted by Crippen LogP contribution is 2.27. The van der Waals surface area contributed by atoms with Crippen LogP contribution in [0.25, 0.3) is 11.0 Å². The van der Waals surface area contributed by atoms with Gasteiger partial charge in [-0.2, -0.15) is 5.10 Å². The zero-order valence-corrected chi connectivity index (χ0v) is 19.9. The summed E-state index contributed by atoms with van der Waals surface area (Å²) in [5.41, 5.74) is 7.56. The lowest BCUT2D eigenvalue weighted by molar-refractivity contribution is -0.118. The van der Waals surface area contributed by atoms with Gasteiger partial charge >= 0.3 is 0 Å². The Balaban J connectivity index is 1.42. The van der Waals surface area contributed by atoms with Crippen molar-refractivity contribution in [2.45, 2.75) is 25.5 Å². The summed E-state index contributed by atoms with van der Waals surface area (Å²) in [6.07, 6.45) is 1.51. The summed E-state index contributed by atoms with van der Waals surface area (Å²) in [6, 6.07) is 21.3. The Morgan fingerprint density at radius 1 is 1.18 bits per heavy atom. The normalized spacial score (nSPS) is 11.2. The van der Waals surface area contributed by atoms with E-state index in [2.05, 4.69) is 46.3 Å². The van der Waals surface area contributed by atoms with Gasteiger partial charge in [0.2, 0.25) is 0 Å². The summed E-state index contributed by atoms with van der Waals surface area (Å²) in [7, 11) is 0. The number of benzene rings is 3. The van der Waals surface area contributed by atoms with Crippen LogP contribution in [0.4, 0.5) is 0 Å². The lowest BCUT2D eigenvalue weighted by Gasteiger charge is -2.09. The molecule has 174 valence electrons. The maximum absolute atomic E-state index is 12.4. The second-order valence-electron chi connectivity index (χ2n) is 7.70. The van der Waals surface area contributed by atoms with E-state index in [4.69, 9.17) is 9.72 Å². The van der Waals surface area contributed by atoms with Crippen molar-refractivity contribution in [2.75, 3.05) is 12.4 Å². The molecule has 0 spiro atoms. The van der Waals surface area contributed by atoms with E-state index in [1.807, 2.05) is 31.2 Å². The number of nitrogens with zero attached hydrogens (tertiary/aromatic N) is 3. The second-order valence-corrected chi connectivity index (χ2v) is 8.64. The fraction of sp³-hybridized carbons (Fsp3) is 0.192. The average Bonchev–Trinajstić information content (AvgIpc) is 3.18. The van der Waals surface area contributed by atoms with Crippen LogP contribution in [0.5, 0.6) is 11.5 Å². The number of amides is 1. The lowest BCUT2D eigenvalue weighted by Crippen LogP contribution is -2.20. The molecule has 4 aromatic rings. The Labute approximate surface area is 202 Å². The SMILES string of the molecule is CCOc1cc(/C=N/NC(=O)CSc2nc3ccccc3n2Cc2ccc(C)cc2)ccc1O. The summed E-state index contributed by atoms with van der Waals surface area (Å²) in [6.45, 7) is 5.02. The number of aromatic nitrogens is 2. The summed E-state index contributed by atoms with van der Waals surface area (Å²) in [5.74, 6) is 0.377. The van der Waals surface area contributed by atoms with Crippen molar-refractivity contribution in [3.05, 3.63) is 83.4 Å². The van der Waals surface area contributed by atoms with Crippen LogP contribution < -0.4 is 10.2 Å². The summed E-state index contributed by atoms with van der Waals surface area (Å²) in [5, 5.41) is 14.6. The minimum atomic E-state index is -0.237. The van der Waals surface area contributed by atoms with Gasteiger partial charge in [0.1, 0.15) is 0 Å². The largest absolute Gasteiger partial charge is 0.504 e. The number of hydrogen-bond donors (Lipinski definition) is 2. The summed E-state index contributed by atoms with van der Waals surface area (Å²) < 4.78 is 7.50. The molecular formula is C26H26N4O3S. The van der Waals surface area contributed by atoms with Crippen molar-refractivity contribution in [1.29, 1.82) is 0 Å². The van der Waals surface area contributed by atoms with Gasteiger partial charge in [-0.25, -0.2) is 10.4 Å². The number of para-hydroxylation sites is 2. The van der Waals surface area contributed by atoms with Gasteiger partial charge < -0.3 is 14.4 Å². The second kappa shape index (κ2) is 10.9.